The number of aryl methyl sites for hydroxylation is 1. The molecule has 0 saturated carbocycles. The lowest BCUT2D eigenvalue weighted by Crippen LogP contribution is -2.23. The van der Waals surface area contributed by atoms with Crippen molar-refractivity contribution in [3.05, 3.63) is 30.1 Å². The molecule has 3 heteroatoms. The number of ketones is 1. The molecule has 16 heavy (non-hydrogen) atoms. The van der Waals surface area contributed by atoms with Crippen LogP contribution in [0.3, 0.4) is 0 Å². The van der Waals surface area contributed by atoms with E-state index in [9.17, 15) is 4.79 Å². The number of ether oxygens (including phenoxy) is 1. The third-order valence-corrected chi connectivity index (χ3v) is 3.06. The summed E-state index contributed by atoms with van der Waals surface area (Å²) in [6.45, 7) is 1.48. The van der Waals surface area contributed by atoms with E-state index in [0.717, 1.165) is 38.0 Å². The highest BCUT2D eigenvalue weighted by molar-refractivity contribution is 5.81. The van der Waals surface area contributed by atoms with E-state index in [1.807, 2.05) is 18.3 Å². The quantitative estimate of drug-likeness (QED) is 0.777. The number of pyridine rings is 1. The summed E-state index contributed by atoms with van der Waals surface area (Å²) in [6, 6.07) is 3.93. The monoisotopic (exact) mass is 219 g/mol. The number of aromatic nitrogens is 1. The van der Waals surface area contributed by atoms with E-state index in [1.54, 1.807) is 6.20 Å². The van der Waals surface area contributed by atoms with Gasteiger partial charge < -0.3 is 4.74 Å². The van der Waals surface area contributed by atoms with Crippen LogP contribution in [0.2, 0.25) is 0 Å². The molecule has 86 valence electrons. The van der Waals surface area contributed by atoms with Gasteiger partial charge in [-0.15, -0.1) is 0 Å². The van der Waals surface area contributed by atoms with Crippen molar-refractivity contribution in [3.8, 4) is 0 Å². The highest BCUT2D eigenvalue weighted by Gasteiger charge is 2.20. The number of carbonyl (C=O) groups is 1. The van der Waals surface area contributed by atoms with Gasteiger partial charge in [0.1, 0.15) is 5.78 Å². The Labute approximate surface area is 95.8 Å². The molecule has 0 aromatic carbocycles. The van der Waals surface area contributed by atoms with Gasteiger partial charge in [0.25, 0.3) is 0 Å². The molecule has 0 aliphatic carbocycles. The van der Waals surface area contributed by atoms with Crippen molar-refractivity contribution >= 4 is 5.78 Å². The minimum atomic E-state index is 0.227. The maximum atomic E-state index is 11.9. The molecule has 0 bridgehead atoms. The Morgan fingerprint density at radius 2 is 2.25 bits per heavy atom. The van der Waals surface area contributed by atoms with E-state index in [-0.39, 0.29) is 5.92 Å². The van der Waals surface area contributed by atoms with Crippen LogP contribution in [0.25, 0.3) is 0 Å². The smallest absolute Gasteiger partial charge is 0.136 e. The average molecular weight is 219 g/mol. The second kappa shape index (κ2) is 5.75. The minimum Gasteiger partial charge on any atom is -0.381 e. The van der Waals surface area contributed by atoms with Gasteiger partial charge >= 0.3 is 0 Å². The van der Waals surface area contributed by atoms with Crippen LogP contribution in [-0.4, -0.2) is 24.0 Å². The van der Waals surface area contributed by atoms with Gasteiger partial charge in [0.05, 0.1) is 0 Å². The second-order valence-electron chi connectivity index (χ2n) is 4.21. The molecule has 0 atom stereocenters. The normalized spacial score (nSPS) is 17.2. The number of nitrogens with zero attached hydrogens (tertiary/aromatic N) is 1. The summed E-state index contributed by atoms with van der Waals surface area (Å²) in [6.07, 6.45) is 6.82. The lowest BCUT2D eigenvalue weighted by Gasteiger charge is -2.20. The first kappa shape index (κ1) is 11.3. The Kier molecular flexibility index (Phi) is 4.05. The van der Waals surface area contributed by atoms with Crippen molar-refractivity contribution in [1.29, 1.82) is 0 Å². The number of carbonyl (C=O) groups excluding carboxylic acids is 1. The van der Waals surface area contributed by atoms with Crippen LogP contribution >= 0.6 is 0 Å². The van der Waals surface area contributed by atoms with E-state index in [0.29, 0.717) is 12.2 Å². The van der Waals surface area contributed by atoms with Gasteiger partial charge in [-0.25, -0.2) is 0 Å². The zero-order valence-corrected chi connectivity index (χ0v) is 9.39. The summed E-state index contributed by atoms with van der Waals surface area (Å²) >= 11 is 0. The first-order valence-corrected chi connectivity index (χ1v) is 5.85. The van der Waals surface area contributed by atoms with Crippen LogP contribution in [0.15, 0.2) is 24.5 Å². The predicted octanol–water partition coefficient (Wildman–Crippen LogP) is 2.01. The standard InChI is InChI=1S/C13H17NO2/c15-13(12-5-8-16-9-6-12)4-3-11-2-1-7-14-10-11/h1-2,7,10,12H,3-6,8-9H2. The van der Waals surface area contributed by atoms with Crippen LogP contribution in [0, 0.1) is 5.92 Å². The van der Waals surface area contributed by atoms with E-state index >= 15 is 0 Å². The molecule has 3 nitrogen and oxygen atoms in total. The third kappa shape index (κ3) is 3.14. The fourth-order valence-electron chi connectivity index (χ4n) is 2.04. The van der Waals surface area contributed by atoms with Crippen LogP contribution in [-0.2, 0) is 16.0 Å². The van der Waals surface area contributed by atoms with E-state index in [4.69, 9.17) is 4.74 Å². The molecule has 2 heterocycles. The van der Waals surface area contributed by atoms with Crippen molar-refractivity contribution < 1.29 is 9.53 Å². The Bertz CT molecular complexity index is 331. The Morgan fingerprint density at radius 1 is 1.44 bits per heavy atom. The summed E-state index contributed by atoms with van der Waals surface area (Å²) in [5.74, 6) is 0.609. The molecule has 2 rings (SSSR count). The number of hydrogen-bond acceptors (Lipinski definition) is 3. The Balaban J connectivity index is 1.79. The molecular formula is C13H17NO2. The third-order valence-electron chi connectivity index (χ3n) is 3.06. The highest BCUT2D eigenvalue weighted by Crippen LogP contribution is 2.18. The summed E-state index contributed by atoms with van der Waals surface area (Å²) in [5, 5.41) is 0. The van der Waals surface area contributed by atoms with Gasteiger partial charge in [-0.1, -0.05) is 6.07 Å². The molecule has 1 saturated heterocycles. The van der Waals surface area contributed by atoms with Crippen LogP contribution in [0.1, 0.15) is 24.8 Å². The topological polar surface area (TPSA) is 39.2 Å². The SMILES string of the molecule is O=C(CCc1cccnc1)C1CCOCC1. The van der Waals surface area contributed by atoms with Crippen molar-refractivity contribution in [1.82, 2.24) is 4.98 Å². The van der Waals surface area contributed by atoms with E-state index in [1.165, 1.54) is 0 Å². The largest absolute Gasteiger partial charge is 0.381 e. The van der Waals surface area contributed by atoms with Gasteiger partial charge in [-0.2, -0.15) is 0 Å². The maximum Gasteiger partial charge on any atom is 0.136 e. The van der Waals surface area contributed by atoms with Crippen LogP contribution in [0.4, 0.5) is 0 Å². The zero-order chi connectivity index (χ0) is 11.2. The molecule has 1 aromatic heterocycles. The zero-order valence-electron chi connectivity index (χ0n) is 9.39. The number of hydrogen-bond donors (Lipinski definition) is 0. The summed E-state index contributed by atoms with van der Waals surface area (Å²) in [5.41, 5.74) is 1.14. The molecule has 0 unspecified atom stereocenters. The van der Waals surface area contributed by atoms with Crippen molar-refractivity contribution in [2.45, 2.75) is 25.7 Å². The van der Waals surface area contributed by atoms with E-state index < -0.39 is 0 Å². The van der Waals surface area contributed by atoms with Gasteiger partial charge in [-0.3, -0.25) is 9.78 Å². The molecule has 1 aromatic rings. The average Bonchev–Trinajstić information content (AvgIpc) is 2.38. The summed E-state index contributed by atoms with van der Waals surface area (Å²) in [4.78, 5) is 15.9. The minimum absolute atomic E-state index is 0.227. The molecule has 0 amide bonds. The van der Waals surface area contributed by atoms with Gasteiger partial charge in [0.15, 0.2) is 0 Å². The fourth-order valence-corrected chi connectivity index (χ4v) is 2.04. The molecule has 0 radical (unpaired) electrons. The number of Topliss-reactive ketones (excluding diaryl/α,β-unsaturated/α-hetero) is 1. The maximum absolute atomic E-state index is 11.9. The fraction of sp³-hybridized carbons (Fsp3) is 0.538. The van der Waals surface area contributed by atoms with Crippen molar-refractivity contribution in [2.24, 2.45) is 5.92 Å². The first-order valence-electron chi connectivity index (χ1n) is 5.85. The lowest BCUT2D eigenvalue weighted by molar-refractivity contribution is -0.125. The molecule has 0 spiro atoms. The van der Waals surface area contributed by atoms with Crippen LogP contribution < -0.4 is 0 Å². The molecule has 1 fully saturated rings. The van der Waals surface area contributed by atoms with Crippen LogP contribution in [0.5, 0.6) is 0 Å². The lowest BCUT2D eigenvalue weighted by atomic mass is 9.92. The Morgan fingerprint density at radius 3 is 2.94 bits per heavy atom. The van der Waals surface area contributed by atoms with Crippen molar-refractivity contribution in [2.75, 3.05) is 13.2 Å². The second-order valence-corrected chi connectivity index (χ2v) is 4.21. The molecule has 1 aliphatic rings. The molecular weight excluding hydrogens is 202 g/mol. The van der Waals surface area contributed by atoms with Crippen molar-refractivity contribution in [3.63, 3.8) is 0 Å². The first-order chi connectivity index (χ1) is 7.86. The summed E-state index contributed by atoms with van der Waals surface area (Å²) in [7, 11) is 0. The molecule has 0 N–H and O–H groups in total. The molecule has 1 aliphatic heterocycles. The van der Waals surface area contributed by atoms with E-state index in [2.05, 4.69) is 4.98 Å². The number of rotatable bonds is 4. The Hall–Kier alpha value is -1.22. The summed E-state index contributed by atoms with van der Waals surface area (Å²) < 4.78 is 5.25. The van der Waals surface area contributed by atoms with Gasteiger partial charge in [0, 0.05) is 37.9 Å². The van der Waals surface area contributed by atoms with Gasteiger partial charge in [0.2, 0.25) is 0 Å². The predicted molar refractivity (Wildman–Crippen MR) is 61.1 cm³/mol. The van der Waals surface area contributed by atoms with Gasteiger partial charge in [-0.05, 0) is 30.9 Å². The highest BCUT2D eigenvalue weighted by atomic mass is 16.5.